The van der Waals surface area contributed by atoms with E-state index >= 15 is 0 Å². The minimum Gasteiger partial charge on any atom is -0.462 e. The van der Waals surface area contributed by atoms with Gasteiger partial charge >= 0.3 is 19.8 Å². The fraction of sp³-hybridized carbons (Fsp3) is 0.549. The van der Waals surface area contributed by atoms with Crippen molar-refractivity contribution < 1.29 is 37.6 Å². The van der Waals surface area contributed by atoms with Gasteiger partial charge in [-0.1, -0.05) is 260 Å². The molecule has 0 aromatic rings. The molecule has 0 saturated heterocycles. The lowest BCUT2D eigenvalue weighted by Crippen LogP contribution is -2.29. The number of hydrogen-bond acceptors (Lipinski definition) is 8. The Balaban J connectivity index is 4.05. The Morgan fingerprint density at radius 1 is 0.370 bits per heavy atom. The minimum absolute atomic E-state index is 0.0357. The van der Waals surface area contributed by atoms with Gasteiger partial charge in [0.15, 0.2) is 6.10 Å². The Hall–Kier alpha value is -4.89. The standard InChI is InChI=1S/C71H112NO8P/c1-3-5-7-9-11-13-15-17-19-21-23-25-27-28-29-30-31-32-33-34-35-36-37-38-39-40-42-44-46-48-50-52-54-56-58-60-62-64-71(74)80-69(68-79-81(75,76)78-66-65-72)67-77-70(73)63-61-59-57-55-53-51-49-47-45-43-41-26-24-22-20-18-16-14-12-10-8-6-4-2/h5-8,11-14,17-20,23-26,28-29,31-32,34-35,37-38,43,45,49,51,55,57,69H,3-4,9-10,15-16,21-22,27,30,33,36,39-42,44,46-48,50,52-54,56,58-68,72H2,1-2H3,(H,75,76)/b7-5-,8-6-,13-11-,14-12-,19-17-,20-18-,25-23-,26-24-,29-28-,32-31-,35-34-,38-37-,45-43-,51-49-,57-55-. The van der Waals surface area contributed by atoms with Crippen molar-refractivity contribution in [1.82, 2.24) is 0 Å². The van der Waals surface area contributed by atoms with Crippen LogP contribution < -0.4 is 5.73 Å². The summed E-state index contributed by atoms with van der Waals surface area (Å²) in [6.45, 7) is 3.42. The number of carbonyl (C=O) groups excluding carboxylic acids is 2. The lowest BCUT2D eigenvalue weighted by Gasteiger charge is -2.19. The van der Waals surface area contributed by atoms with Crippen molar-refractivity contribution in [2.45, 2.75) is 225 Å². The number of allylic oxidation sites excluding steroid dienone is 30. The van der Waals surface area contributed by atoms with E-state index < -0.39 is 32.5 Å². The lowest BCUT2D eigenvalue weighted by molar-refractivity contribution is -0.161. The van der Waals surface area contributed by atoms with Gasteiger partial charge in [0, 0.05) is 19.4 Å². The molecule has 0 saturated carbocycles. The summed E-state index contributed by atoms with van der Waals surface area (Å²) >= 11 is 0. The highest BCUT2D eigenvalue weighted by Crippen LogP contribution is 2.43. The van der Waals surface area contributed by atoms with Crippen molar-refractivity contribution in [2.75, 3.05) is 26.4 Å². The predicted molar refractivity (Wildman–Crippen MR) is 348 cm³/mol. The maximum atomic E-state index is 12.7. The number of carbonyl (C=O) groups is 2. The number of esters is 2. The Labute approximate surface area is 494 Å². The van der Waals surface area contributed by atoms with Gasteiger partial charge in [0.2, 0.25) is 0 Å². The molecule has 0 bridgehead atoms. The van der Waals surface area contributed by atoms with Gasteiger partial charge < -0.3 is 20.1 Å². The Bertz CT molecular complexity index is 1980. The van der Waals surface area contributed by atoms with Crippen molar-refractivity contribution in [2.24, 2.45) is 5.73 Å². The van der Waals surface area contributed by atoms with Gasteiger partial charge in [-0.25, -0.2) is 4.57 Å². The summed E-state index contributed by atoms with van der Waals surface area (Å²) in [5, 5.41) is 0. The van der Waals surface area contributed by atoms with Crippen LogP contribution in [0.15, 0.2) is 182 Å². The maximum absolute atomic E-state index is 12.7. The highest BCUT2D eigenvalue weighted by atomic mass is 31.2. The molecule has 3 N–H and O–H groups in total. The molecule has 0 rings (SSSR count). The SMILES string of the molecule is CC/C=C\C/C=C\C/C=C\C/C=C\C/C=C\C/C=C\C/C=C\C/C=C\CCCCCCCCCCCCCCC(=O)OC(COC(=O)CCC/C=C\C/C=C\C/C=C\C/C=C\C/C=C\C/C=C\C/C=C\CC)COP(=O)(O)OCCN. The molecule has 2 atom stereocenters. The van der Waals surface area contributed by atoms with Crippen LogP contribution in [0.2, 0.25) is 0 Å². The molecule has 0 radical (unpaired) electrons. The molecule has 2 unspecified atom stereocenters. The molecule has 0 amide bonds. The van der Waals surface area contributed by atoms with Gasteiger partial charge in [0.25, 0.3) is 0 Å². The fourth-order valence-corrected chi connectivity index (χ4v) is 8.52. The number of phosphoric ester groups is 1. The van der Waals surface area contributed by atoms with E-state index in [1.54, 1.807) is 0 Å². The molecule has 0 aliphatic heterocycles. The number of ether oxygens (including phenoxy) is 2. The molecule has 0 aliphatic carbocycles. The molecule has 81 heavy (non-hydrogen) atoms. The van der Waals surface area contributed by atoms with E-state index in [4.69, 9.17) is 24.3 Å². The topological polar surface area (TPSA) is 134 Å². The van der Waals surface area contributed by atoms with E-state index in [9.17, 15) is 19.0 Å². The highest BCUT2D eigenvalue weighted by Gasteiger charge is 2.26. The first kappa shape index (κ1) is 76.1. The molecule has 0 spiro atoms. The summed E-state index contributed by atoms with van der Waals surface area (Å²) in [5.74, 6) is -0.913. The first-order valence-corrected chi connectivity index (χ1v) is 32.8. The molecule has 0 heterocycles. The summed E-state index contributed by atoms with van der Waals surface area (Å²) in [7, 11) is -4.42. The third-order valence-electron chi connectivity index (χ3n) is 12.3. The van der Waals surface area contributed by atoms with Crippen molar-refractivity contribution in [3.05, 3.63) is 182 Å². The zero-order chi connectivity index (χ0) is 58.7. The van der Waals surface area contributed by atoms with E-state index in [-0.39, 0.29) is 32.6 Å². The van der Waals surface area contributed by atoms with Gasteiger partial charge in [-0.2, -0.15) is 0 Å². The van der Waals surface area contributed by atoms with Crippen molar-refractivity contribution >= 4 is 19.8 Å². The smallest absolute Gasteiger partial charge is 0.462 e. The molecule has 0 aromatic heterocycles. The van der Waals surface area contributed by atoms with E-state index in [1.165, 1.54) is 51.4 Å². The third-order valence-corrected chi connectivity index (χ3v) is 13.3. The van der Waals surface area contributed by atoms with Gasteiger partial charge in [0.05, 0.1) is 13.2 Å². The van der Waals surface area contributed by atoms with E-state index in [0.29, 0.717) is 12.8 Å². The van der Waals surface area contributed by atoms with Crippen LogP contribution in [0.25, 0.3) is 0 Å². The predicted octanol–water partition coefficient (Wildman–Crippen LogP) is 20.4. The second kappa shape index (κ2) is 64.3. The van der Waals surface area contributed by atoms with Crippen LogP contribution in [0.1, 0.15) is 219 Å². The molecule has 0 aliphatic rings. The van der Waals surface area contributed by atoms with Crippen LogP contribution in [-0.2, 0) is 32.7 Å². The Morgan fingerprint density at radius 3 is 0.988 bits per heavy atom. The zero-order valence-electron chi connectivity index (χ0n) is 50.7. The summed E-state index contributed by atoms with van der Waals surface area (Å²) in [5.41, 5.74) is 5.38. The normalized spacial score (nSPS) is 14.3. The largest absolute Gasteiger partial charge is 0.472 e. The second-order valence-electron chi connectivity index (χ2n) is 19.8. The summed E-state index contributed by atoms with van der Waals surface area (Å²) in [4.78, 5) is 35.2. The van der Waals surface area contributed by atoms with Crippen molar-refractivity contribution in [3.8, 4) is 0 Å². The van der Waals surface area contributed by atoms with Gasteiger partial charge in [-0.15, -0.1) is 0 Å². The highest BCUT2D eigenvalue weighted by molar-refractivity contribution is 7.47. The molecule has 0 aromatic carbocycles. The Kier molecular flexibility index (Phi) is 60.4. The summed E-state index contributed by atoms with van der Waals surface area (Å²) in [6.07, 6.45) is 96.8. The van der Waals surface area contributed by atoms with Gasteiger partial charge in [0.1, 0.15) is 6.61 Å². The lowest BCUT2D eigenvalue weighted by atomic mass is 10.0. The van der Waals surface area contributed by atoms with Crippen molar-refractivity contribution in [3.63, 3.8) is 0 Å². The number of phosphoric acid groups is 1. The van der Waals surface area contributed by atoms with Gasteiger partial charge in [-0.05, 0) is 128 Å². The third kappa shape index (κ3) is 64.1. The molecule has 0 fully saturated rings. The molecule has 9 nitrogen and oxygen atoms in total. The van der Waals surface area contributed by atoms with Crippen molar-refractivity contribution in [1.29, 1.82) is 0 Å². The van der Waals surface area contributed by atoms with Crippen LogP contribution in [0, 0.1) is 0 Å². The Morgan fingerprint density at radius 2 is 0.654 bits per heavy atom. The maximum Gasteiger partial charge on any atom is 0.472 e. The number of hydrogen-bond donors (Lipinski definition) is 2. The van der Waals surface area contributed by atoms with Crippen LogP contribution in [0.5, 0.6) is 0 Å². The van der Waals surface area contributed by atoms with Gasteiger partial charge in [-0.3, -0.25) is 18.6 Å². The summed E-state index contributed by atoms with van der Waals surface area (Å²) in [6, 6.07) is 0. The van der Waals surface area contributed by atoms with E-state index in [0.717, 1.165) is 128 Å². The zero-order valence-corrected chi connectivity index (χ0v) is 51.6. The monoisotopic (exact) mass is 1140 g/mol. The van der Waals surface area contributed by atoms with Crippen LogP contribution >= 0.6 is 7.82 Å². The molecular formula is C71H112NO8P. The number of unbranched alkanes of at least 4 members (excludes halogenated alkanes) is 13. The number of nitrogens with two attached hydrogens (primary N) is 1. The first-order valence-electron chi connectivity index (χ1n) is 31.3. The van der Waals surface area contributed by atoms with E-state index in [1.807, 2.05) is 6.08 Å². The van der Waals surface area contributed by atoms with Crippen LogP contribution in [0.4, 0.5) is 0 Å². The van der Waals surface area contributed by atoms with E-state index in [2.05, 4.69) is 190 Å². The summed E-state index contributed by atoms with van der Waals surface area (Å²) < 4.78 is 33.0. The molecule has 454 valence electrons. The molecular weight excluding hydrogens is 1030 g/mol. The van der Waals surface area contributed by atoms with Crippen LogP contribution in [-0.4, -0.2) is 49.3 Å². The fourth-order valence-electron chi connectivity index (χ4n) is 7.76. The minimum atomic E-state index is -4.42. The average molecular weight is 1140 g/mol. The quantitative estimate of drug-likeness (QED) is 0.0264. The first-order chi connectivity index (χ1) is 39.8. The number of rotatable bonds is 56. The average Bonchev–Trinajstić information content (AvgIpc) is 3.46. The molecule has 10 heteroatoms. The van der Waals surface area contributed by atoms with Crippen LogP contribution in [0.3, 0.4) is 0 Å². The second-order valence-corrected chi connectivity index (χ2v) is 21.3.